The zero-order valence-corrected chi connectivity index (χ0v) is 18.0. The molecule has 0 saturated heterocycles. The van der Waals surface area contributed by atoms with Crippen molar-refractivity contribution >= 4 is 52.8 Å². The molecule has 0 fully saturated rings. The second kappa shape index (κ2) is 9.23. The van der Waals surface area contributed by atoms with Crippen LogP contribution in [0.5, 0.6) is 5.75 Å². The minimum atomic E-state index is -0.708. The summed E-state index contributed by atoms with van der Waals surface area (Å²) in [6.45, 7) is 0. The maximum absolute atomic E-state index is 12.2. The number of aliphatic imine (C=N–C) groups is 1. The van der Waals surface area contributed by atoms with Crippen LogP contribution in [0.3, 0.4) is 0 Å². The van der Waals surface area contributed by atoms with Gasteiger partial charge in [-0.05, 0) is 60.2 Å². The first kappa shape index (κ1) is 22.2. The first-order valence-electron chi connectivity index (χ1n) is 9.35. The molecule has 164 valence electrons. The zero-order chi connectivity index (χ0) is 23.5. The third-order valence-electron chi connectivity index (χ3n) is 4.48. The molecule has 10 heteroatoms. The second-order valence-corrected chi connectivity index (χ2v) is 7.57. The van der Waals surface area contributed by atoms with E-state index < -0.39 is 16.9 Å². The standard InChI is InChI=1S/C23H12Cl2N2O6/c24-16-6-3-14(4-7-16)22(28)32-17-8-1-13(2-9-17)11-19-23(29)33-21(26-19)15-5-10-18(25)20(12-15)27(30)31/h1-12H/b19-11-. The van der Waals surface area contributed by atoms with Crippen molar-refractivity contribution in [2.75, 3.05) is 0 Å². The largest absolute Gasteiger partial charge is 0.423 e. The molecule has 0 saturated carbocycles. The molecule has 0 N–H and O–H groups in total. The minimum Gasteiger partial charge on any atom is -0.423 e. The van der Waals surface area contributed by atoms with Crippen LogP contribution < -0.4 is 4.74 Å². The van der Waals surface area contributed by atoms with Gasteiger partial charge in [0.1, 0.15) is 10.8 Å². The van der Waals surface area contributed by atoms with Gasteiger partial charge in [-0.3, -0.25) is 10.1 Å². The van der Waals surface area contributed by atoms with Crippen LogP contribution in [0.1, 0.15) is 21.5 Å². The van der Waals surface area contributed by atoms with E-state index in [9.17, 15) is 19.7 Å². The number of benzene rings is 3. The Morgan fingerprint density at radius 2 is 1.73 bits per heavy atom. The highest BCUT2D eigenvalue weighted by Gasteiger charge is 2.26. The van der Waals surface area contributed by atoms with Crippen LogP contribution in [0.4, 0.5) is 5.69 Å². The first-order chi connectivity index (χ1) is 15.8. The molecule has 4 rings (SSSR count). The highest BCUT2D eigenvalue weighted by molar-refractivity contribution is 6.32. The Bertz CT molecular complexity index is 1330. The number of nitrogens with zero attached hydrogens (tertiary/aromatic N) is 2. The van der Waals surface area contributed by atoms with Gasteiger partial charge in [-0.2, -0.15) is 0 Å². The first-order valence-corrected chi connectivity index (χ1v) is 10.1. The molecule has 8 nitrogen and oxygen atoms in total. The number of carbonyl (C=O) groups excluding carboxylic acids is 2. The molecular weight excluding hydrogens is 471 g/mol. The van der Waals surface area contributed by atoms with Crippen LogP contribution in [0.25, 0.3) is 6.08 Å². The van der Waals surface area contributed by atoms with Crippen molar-refractivity contribution in [3.8, 4) is 5.75 Å². The molecule has 1 aliphatic rings. The van der Waals surface area contributed by atoms with Crippen molar-refractivity contribution in [1.82, 2.24) is 0 Å². The highest BCUT2D eigenvalue weighted by atomic mass is 35.5. The molecule has 0 amide bonds. The Labute approximate surface area is 196 Å². The smallest absolute Gasteiger partial charge is 0.363 e. The molecule has 0 aromatic heterocycles. The fourth-order valence-corrected chi connectivity index (χ4v) is 3.17. The summed E-state index contributed by atoms with van der Waals surface area (Å²) < 4.78 is 10.5. The van der Waals surface area contributed by atoms with Crippen molar-refractivity contribution in [3.63, 3.8) is 0 Å². The van der Waals surface area contributed by atoms with E-state index in [-0.39, 0.29) is 27.9 Å². The lowest BCUT2D eigenvalue weighted by Crippen LogP contribution is -2.08. The maximum atomic E-state index is 12.2. The number of hydrogen-bond donors (Lipinski definition) is 0. The summed E-state index contributed by atoms with van der Waals surface area (Å²) in [7, 11) is 0. The number of cyclic esters (lactones) is 1. The van der Waals surface area contributed by atoms with E-state index in [1.54, 1.807) is 48.5 Å². The predicted molar refractivity (Wildman–Crippen MR) is 122 cm³/mol. The number of esters is 2. The average molecular weight is 483 g/mol. The third-order valence-corrected chi connectivity index (χ3v) is 5.06. The Hall–Kier alpha value is -4.01. The van der Waals surface area contributed by atoms with Crippen LogP contribution in [0, 0.1) is 10.1 Å². The molecule has 1 aliphatic heterocycles. The highest BCUT2D eigenvalue weighted by Crippen LogP contribution is 2.28. The Kier molecular flexibility index (Phi) is 6.21. The van der Waals surface area contributed by atoms with Crippen LogP contribution in [0.2, 0.25) is 10.0 Å². The third kappa shape index (κ3) is 5.08. The van der Waals surface area contributed by atoms with E-state index in [0.29, 0.717) is 21.9 Å². The fourth-order valence-electron chi connectivity index (χ4n) is 2.86. The van der Waals surface area contributed by atoms with E-state index >= 15 is 0 Å². The molecule has 0 aliphatic carbocycles. The molecule has 0 atom stereocenters. The van der Waals surface area contributed by atoms with Gasteiger partial charge in [-0.25, -0.2) is 14.6 Å². The SMILES string of the molecule is O=C1OC(c2ccc(Cl)c([N+](=O)[O-])c2)=N/C1=C\c1ccc(OC(=O)c2ccc(Cl)cc2)cc1. The van der Waals surface area contributed by atoms with E-state index in [1.807, 2.05) is 0 Å². The summed E-state index contributed by atoms with van der Waals surface area (Å²) in [6.07, 6.45) is 1.48. The molecule has 0 spiro atoms. The lowest BCUT2D eigenvalue weighted by molar-refractivity contribution is -0.384. The number of halogens is 2. The number of ether oxygens (including phenoxy) is 2. The van der Waals surface area contributed by atoms with Crippen LogP contribution >= 0.6 is 23.2 Å². The Morgan fingerprint density at radius 1 is 1.03 bits per heavy atom. The number of hydrogen-bond acceptors (Lipinski definition) is 7. The number of carbonyl (C=O) groups is 2. The van der Waals surface area contributed by atoms with Gasteiger partial charge in [-0.1, -0.05) is 35.3 Å². The number of rotatable bonds is 5. The minimum absolute atomic E-state index is 0.00788. The van der Waals surface area contributed by atoms with Gasteiger partial charge in [0.25, 0.3) is 5.69 Å². The molecule has 3 aromatic rings. The van der Waals surface area contributed by atoms with Crippen molar-refractivity contribution in [3.05, 3.63) is 109 Å². The van der Waals surface area contributed by atoms with Gasteiger partial charge in [0.2, 0.25) is 5.90 Å². The van der Waals surface area contributed by atoms with E-state index in [4.69, 9.17) is 32.7 Å². The van der Waals surface area contributed by atoms with Crippen LogP contribution in [-0.2, 0) is 9.53 Å². The van der Waals surface area contributed by atoms with Crippen LogP contribution in [0.15, 0.2) is 77.4 Å². The fraction of sp³-hybridized carbons (Fsp3) is 0. The predicted octanol–water partition coefficient (Wildman–Crippen LogP) is 5.47. The average Bonchev–Trinajstić information content (AvgIpc) is 3.15. The van der Waals surface area contributed by atoms with E-state index in [0.717, 1.165) is 0 Å². The molecule has 0 unspecified atom stereocenters. The molecule has 0 radical (unpaired) electrons. The quantitative estimate of drug-likeness (QED) is 0.157. The molecular formula is C23H12Cl2N2O6. The molecule has 0 bridgehead atoms. The second-order valence-electron chi connectivity index (χ2n) is 6.72. The number of nitro benzene ring substituents is 1. The van der Waals surface area contributed by atoms with Gasteiger partial charge in [0.05, 0.1) is 10.5 Å². The summed E-state index contributed by atoms with van der Waals surface area (Å²) in [6, 6.07) is 16.7. The van der Waals surface area contributed by atoms with Crippen molar-refractivity contribution < 1.29 is 24.0 Å². The van der Waals surface area contributed by atoms with E-state index in [1.165, 1.54) is 24.3 Å². The van der Waals surface area contributed by atoms with E-state index in [2.05, 4.69) is 4.99 Å². The molecule has 33 heavy (non-hydrogen) atoms. The van der Waals surface area contributed by atoms with Gasteiger partial charge in [0, 0.05) is 16.7 Å². The Morgan fingerprint density at radius 3 is 2.39 bits per heavy atom. The van der Waals surface area contributed by atoms with Crippen molar-refractivity contribution in [2.24, 2.45) is 4.99 Å². The zero-order valence-electron chi connectivity index (χ0n) is 16.5. The van der Waals surface area contributed by atoms with Gasteiger partial charge >= 0.3 is 11.9 Å². The topological polar surface area (TPSA) is 108 Å². The van der Waals surface area contributed by atoms with Crippen LogP contribution in [-0.4, -0.2) is 22.8 Å². The Balaban J connectivity index is 1.50. The molecule has 3 aromatic carbocycles. The van der Waals surface area contributed by atoms with Gasteiger partial charge < -0.3 is 9.47 Å². The van der Waals surface area contributed by atoms with Crippen molar-refractivity contribution in [2.45, 2.75) is 0 Å². The summed E-state index contributed by atoms with van der Waals surface area (Å²) in [5.74, 6) is -1.01. The molecule has 1 heterocycles. The normalized spacial score (nSPS) is 14.1. The summed E-state index contributed by atoms with van der Waals surface area (Å²) in [4.78, 5) is 38.9. The van der Waals surface area contributed by atoms with Gasteiger partial charge in [-0.15, -0.1) is 0 Å². The monoisotopic (exact) mass is 482 g/mol. The summed E-state index contributed by atoms with van der Waals surface area (Å²) in [5.41, 5.74) is 0.874. The lowest BCUT2D eigenvalue weighted by atomic mass is 10.2. The van der Waals surface area contributed by atoms with Crippen molar-refractivity contribution in [1.29, 1.82) is 0 Å². The lowest BCUT2D eigenvalue weighted by Gasteiger charge is -2.05. The summed E-state index contributed by atoms with van der Waals surface area (Å²) >= 11 is 11.6. The number of nitro groups is 1. The summed E-state index contributed by atoms with van der Waals surface area (Å²) in [5, 5.41) is 11.5. The maximum Gasteiger partial charge on any atom is 0.363 e. The van der Waals surface area contributed by atoms with Gasteiger partial charge in [0.15, 0.2) is 5.70 Å².